The molecule has 5 aromatic rings. The molecule has 3 heterocycles. The van der Waals surface area contributed by atoms with Crippen molar-refractivity contribution in [3.05, 3.63) is 162 Å². The van der Waals surface area contributed by atoms with Gasteiger partial charge >= 0.3 is 5.97 Å². The number of ether oxygens (including phenoxy) is 1. The third-order valence-electron chi connectivity index (χ3n) is 7.90. The number of hydrogen-bond acceptors (Lipinski definition) is 6. The van der Waals surface area contributed by atoms with Crippen LogP contribution in [0.25, 0.3) is 11.3 Å². The SMILES string of the molecule is CCOC(=O)C1=C(c2ccccc2)N=c2s/c(=C3/C(=O)N(Cc4ccccc4Cl)c4ccccc43)c(=O)n2[C@H]1c1ccccc1. The number of para-hydroxylation sites is 1. The molecular formula is C36H26ClN3O4S. The Kier molecular flexibility index (Phi) is 7.53. The number of carbonyl (C=O) groups is 2. The molecule has 0 unspecified atom stereocenters. The van der Waals surface area contributed by atoms with Gasteiger partial charge in [-0.25, -0.2) is 9.79 Å². The van der Waals surface area contributed by atoms with Gasteiger partial charge in [0.25, 0.3) is 11.5 Å². The number of hydrogen-bond donors (Lipinski definition) is 0. The third kappa shape index (κ3) is 4.92. The predicted octanol–water partition coefficient (Wildman–Crippen LogP) is 5.51. The lowest BCUT2D eigenvalue weighted by Gasteiger charge is -2.25. The number of nitrogens with zero attached hydrogens (tertiary/aromatic N) is 3. The topological polar surface area (TPSA) is 81.0 Å². The average Bonchev–Trinajstić information content (AvgIpc) is 3.54. The number of thiazole rings is 1. The van der Waals surface area contributed by atoms with E-state index >= 15 is 0 Å². The van der Waals surface area contributed by atoms with Crippen molar-refractivity contribution in [2.45, 2.75) is 19.5 Å². The van der Waals surface area contributed by atoms with Gasteiger partial charge in [0.2, 0.25) is 0 Å². The minimum absolute atomic E-state index is 0.160. The number of halogens is 1. The zero-order valence-electron chi connectivity index (χ0n) is 24.1. The second-order valence-corrected chi connectivity index (χ2v) is 11.9. The van der Waals surface area contributed by atoms with Crippen molar-refractivity contribution in [1.29, 1.82) is 0 Å². The van der Waals surface area contributed by atoms with Crippen LogP contribution in [0.4, 0.5) is 5.69 Å². The molecule has 1 aromatic heterocycles. The maximum Gasteiger partial charge on any atom is 0.338 e. The van der Waals surface area contributed by atoms with Crippen molar-refractivity contribution in [1.82, 2.24) is 4.57 Å². The summed E-state index contributed by atoms with van der Waals surface area (Å²) in [6.07, 6.45) is 0. The molecule has 0 saturated carbocycles. The normalized spacial score (nSPS) is 16.7. The summed E-state index contributed by atoms with van der Waals surface area (Å²) in [6.45, 7) is 2.15. The molecular weight excluding hydrogens is 606 g/mol. The summed E-state index contributed by atoms with van der Waals surface area (Å²) >= 11 is 7.62. The average molecular weight is 632 g/mol. The fourth-order valence-electron chi connectivity index (χ4n) is 5.89. The van der Waals surface area contributed by atoms with Gasteiger partial charge in [0.15, 0.2) is 4.80 Å². The van der Waals surface area contributed by atoms with E-state index in [1.54, 1.807) is 17.9 Å². The van der Waals surface area contributed by atoms with E-state index in [1.807, 2.05) is 103 Å². The molecule has 0 bridgehead atoms. The first-order valence-corrected chi connectivity index (χ1v) is 15.7. The van der Waals surface area contributed by atoms with E-state index in [-0.39, 0.29) is 29.2 Å². The second kappa shape index (κ2) is 11.8. The summed E-state index contributed by atoms with van der Waals surface area (Å²) in [4.78, 5) is 49.4. The fourth-order valence-corrected chi connectivity index (χ4v) is 7.18. The molecule has 7 rings (SSSR count). The zero-order valence-corrected chi connectivity index (χ0v) is 25.7. The minimum atomic E-state index is -0.822. The Morgan fingerprint density at radius 2 is 1.56 bits per heavy atom. The number of esters is 1. The summed E-state index contributed by atoms with van der Waals surface area (Å²) in [7, 11) is 0. The number of aromatic nitrogens is 1. The Labute approximate surface area is 267 Å². The molecule has 2 aliphatic rings. The van der Waals surface area contributed by atoms with Gasteiger partial charge in [-0.3, -0.25) is 14.2 Å². The van der Waals surface area contributed by atoms with Crippen LogP contribution < -0.4 is 19.8 Å². The Morgan fingerprint density at radius 3 is 2.29 bits per heavy atom. The van der Waals surface area contributed by atoms with Crippen molar-refractivity contribution in [2.75, 3.05) is 11.5 Å². The highest BCUT2D eigenvalue weighted by Gasteiger charge is 2.38. The van der Waals surface area contributed by atoms with Gasteiger partial charge in [0.05, 0.1) is 41.7 Å². The van der Waals surface area contributed by atoms with E-state index in [0.717, 1.165) is 28.0 Å². The molecule has 1 amide bonds. The van der Waals surface area contributed by atoms with Gasteiger partial charge < -0.3 is 9.64 Å². The van der Waals surface area contributed by atoms with Crippen LogP contribution in [-0.4, -0.2) is 23.1 Å². The zero-order chi connectivity index (χ0) is 31.1. The van der Waals surface area contributed by atoms with Gasteiger partial charge in [-0.2, -0.15) is 0 Å². The van der Waals surface area contributed by atoms with Gasteiger partial charge in [-0.05, 0) is 30.2 Å². The van der Waals surface area contributed by atoms with Crippen molar-refractivity contribution in [3.63, 3.8) is 0 Å². The molecule has 9 heteroatoms. The van der Waals surface area contributed by atoms with Crippen molar-refractivity contribution in [2.24, 2.45) is 4.99 Å². The van der Waals surface area contributed by atoms with Crippen LogP contribution in [0.5, 0.6) is 0 Å². The molecule has 4 aromatic carbocycles. The first kappa shape index (κ1) is 28.7. The molecule has 0 spiro atoms. The molecule has 2 aliphatic heterocycles. The number of carbonyl (C=O) groups excluding carboxylic acids is 2. The van der Waals surface area contributed by atoms with Crippen molar-refractivity contribution >= 4 is 51.8 Å². The summed E-state index contributed by atoms with van der Waals surface area (Å²) in [5, 5.41) is 0.554. The lowest BCUT2D eigenvalue weighted by Crippen LogP contribution is -2.41. The smallest absolute Gasteiger partial charge is 0.338 e. The maximum absolute atomic E-state index is 14.6. The highest BCUT2D eigenvalue weighted by Crippen LogP contribution is 2.38. The minimum Gasteiger partial charge on any atom is -0.463 e. The van der Waals surface area contributed by atoms with Crippen LogP contribution in [-0.2, 0) is 20.9 Å². The lowest BCUT2D eigenvalue weighted by atomic mass is 9.93. The largest absolute Gasteiger partial charge is 0.463 e. The number of anilines is 1. The molecule has 0 N–H and O–H groups in total. The fraction of sp³-hybridized carbons (Fsp3) is 0.111. The first-order valence-electron chi connectivity index (χ1n) is 14.5. The Morgan fingerprint density at radius 1 is 0.889 bits per heavy atom. The van der Waals surface area contributed by atoms with E-state index in [2.05, 4.69) is 0 Å². The predicted molar refractivity (Wildman–Crippen MR) is 176 cm³/mol. The molecule has 0 fully saturated rings. The Bertz CT molecular complexity index is 2190. The molecule has 45 heavy (non-hydrogen) atoms. The number of fused-ring (bicyclic) bond motifs is 2. The van der Waals surface area contributed by atoms with Crippen LogP contribution in [0.3, 0.4) is 0 Å². The van der Waals surface area contributed by atoms with Crippen molar-refractivity contribution < 1.29 is 14.3 Å². The van der Waals surface area contributed by atoms with Gasteiger partial charge in [-0.1, -0.05) is 120 Å². The van der Waals surface area contributed by atoms with Gasteiger partial charge in [-0.15, -0.1) is 0 Å². The summed E-state index contributed by atoms with van der Waals surface area (Å²) in [5.41, 5.74) is 4.17. The quantitative estimate of drug-likeness (QED) is 0.232. The lowest BCUT2D eigenvalue weighted by molar-refractivity contribution is -0.138. The number of benzene rings is 4. The molecule has 222 valence electrons. The van der Waals surface area contributed by atoms with Crippen LogP contribution in [0, 0.1) is 0 Å². The van der Waals surface area contributed by atoms with Gasteiger partial charge in [0, 0.05) is 16.1 Å². The van der Waals surface area contributed by atoms with E-state index in [4.69, 9.17) is 21.3 Å². The van der Waals surface area contributed by atoms with Gasteiger partial charge in [0.1, 0.15) is 4.53 Å². The van der Waals surface area contributed by atoms with E-state index < -0.39 is 17.6 Å². The number of amides is 1. The molecule has 0 saturated heterocycles. The molecule has 0 aliphatic carbocycles. The monoisotopic (exact) mass is 631 g/mol. The Balaban J connectivity index is 1.50. The van der Waals surface area contributed by atoms with E-state index in [9.17, 15) is 14.4 Å². The Hall–Kier alpha value is -5.05. The van der Waals surface area contributed by atoms with Crippen LogP contribution in [0.2, 0.25) is 5.02 Å². The number of rotatable bonds is 6. The van der Waals surface area contributed by atoms with Crippen LogP contribution >= 0.6 is 22.9 Å². The van der Waals surface area contributed by atoms with E-state index in [1.165, 1.54) is 4.57 Å². The summed E-state index contributed by atoms with van der Waals surface area (Å²) in [6, 6.07) is 32.7. The first-order chi connectivity index (χ1) is 22.0. The van der Waals surface area contributed by atoms with E-state index in [0.29, 0.717) is 32.3 Å². The molecule has 1 atom stereocenters. The van der Waals surface area contributed by atoms with Crippen LogP contribution in [0.1, 0.15) is 35.2 Å². The molecule has 7 nitrogen and oxygen atoms in total. The highest BCUT2D eigenvalue weighted by atomic mass is 35.5. The third-order valence-corrected chi connectivity index (χ3v) is 9.32. The second-order valence-electron chi connectivity index (χ2n) is 10.5. The van der Waals surface area contributed by atoms with Crippen molar-refractivity contribution in [3.8, 4) is 0 Å². The standard InChI is InChI=1S/C36H26ClN3O4S/c1-2-44-35(43)29-30(22-13-5-3-6-14-22)38-36-40(31(29)23-15-7-4-8-16-23)34(42)32(45-36)28-25-18-10-12-20-27(25)39(33(28)41)21-24-17-9-11-19-26(24)37/h3-20,31H,2,21H2,1H3/b32-28+/t31-/m0/s1. The maximum atomic E-state index is 14.6. The molecule has 0 radical (unpaired) electrons. The summed E-state index contributed by atoms with van der Waals surface area (Å²) < 4.78 is 7.32. The highest BCUT2D eigenvalue weighted by molar-refractivity contribution is 7.07. The van der Waals surface area contributed by atoms with Crippen LogP contribution in [0.15, 0.2) is 125 Å². The summed E-state index contributed by atoms with van der Waals surface area (Å²) in [5.74, 6) is -0.856.